The molecule has 1 aliphatic carbocycles. The molecule has 1 heteroatoms. The van der Waals surface area contributed by atoms with E-state index in [1.807, 2.05) is 0 Å². The smallest absolute Gasteiger partial charge is 0.0323 e. The van der Waals surface area contributed by atoms with Crippen molar-refractivity contribution in [2.45, 2.75) is 51.5 Å². The van der Waals surface area contributed by atoms with Gasteiger partial charge in [0.25, 0.3) is 0 Å². The van der Waals surface area contributed by atoms with Gasteiger partial charge in [-0.15, -0.1) is 0 Å². The Labute approximate surface area is 98.3 Å². The van der Waals surface area contributed by atoms with Crippen molar-refractivity contribution in [3.8, 4) is 0 Å². The molecular formula is C15H21N. The van der Waals surface area contributed by atoms with Gasteiger partial charge in [-0.25, -0.2) is 0 Å². The second-order valence-electron chi connectivity index (χ2n) is 5.35. The molecule has 0 saturated carbocycles. The summed E-state index contributed by atoms with van der Waals surface area (Å²) in [5.74, 6) is 0. The second-order valence-corrected chi connectivity index (χ2v) is 5.35. The summed E-state index contributed by atoms with van der Waals surface area (Å²) in [4.78, 5) is 0. The van der Waals surface area contributed by atoms with E-state index >= 15 is 0 Å². The summed E-state index contributed by atoms with van der Waals surface area (Å²) in [6.45, 7) is 3.45. The average Bonchev–Trinajstić information content (AvgIpc) is 2.81. The van der Waals surface area contributed by atoms with Crippen molar-refractivity contribution in [2.24, 2.45) is 0 Å². The van der Waals surface area contributed by atoms with Crippen molar-refractivity contribution in [2.75, 3.05) is 6.54 Å². The molecule has 1 aliphatic heterocycles. The lowest BCUT2D eigenvalue weighted by atomic mass is 9.84. The van der Waals surface area contributed by atoms with Crippen LogP contribution in [0, 0.1) is 6.92 Å². The molecule has 1 aromatic rings. The van der Waals surface area contributed by atoms with Crippen molar-refractivity contribution in [3.05, 3.63) is 34.4 Å². The third-order valence-electron chi connectivity index (χ3n) is 4.08. The molecule has 16 heavy (non-hydrogen) atoms. The average molecular weight is 215 g/mol. The van der Waals surface area contributed by atoms with Crippen LogP contribution in [0.25, 0.3) is 0 Å². The van der Waals surface area contributed by atoms with Crippen LogP contribution in [0.1, 0.15) is 54.0 Å². The molecular weight excluding hydrogens is 194 g/mol. The molecule has 0 bridgehead atoms. The number of rotatable bonds is 1. The maximum absolute atomic E-state index is 3.65. The first kappa shape index (κ1) is 10.3. The highest BCUT2D eigenvalue weighted by molar-refractivity contribution is 5.42. The summed E-state index contributed by atoms with van der Waals surface area (Å²) in [7, 11) is 0. The highest BCUT2D eigenvalue weighted by Crippen LogP contribution is 2.33. The Hall–Kier alpha value is -0.820. The van der Waals surface area contributed by atoms with Crippen LogP contribution in [0.3, 0.4) is 0 Å². The Morgan fingerprint density at radius 3 is 2.81 bits per heavy atom. The minimum Gasteiger partial charge on any atom is -0.310 e. The topological polar surface area (TPSA) is 12.0 Å². The molecule has 1 aromatic carbocycles. The van der Waals surface area contributed by atoms with E-state index in [4.69, 9.17) is 0 Å². The summed E-state index contributed by atoms with van der Waals surface area (Å²) in [5, 5.41) is 3.65. The van der Waals surface area contributed by atoms with Crippen LogP contribution in [0.15, 0.2) is 12.1 Å². The van der Waals surface area contributed by atoms with Crippen LogP contribution in [-0.2, 0) is 12.8 Å². The van der Waals surface area contributed by atoms with Crippen molar-refractivity contribution in [3.63, 3.8) is 0 Å². The predicted molar refractivity (Wildman–Crippen MR) is 67.8 cm³/mol. The van der Waals surface area contributed by atoms with E-state index in [2.05, 4.69) is 24.4 Å². The summed E-state index contributed by atoms with van der Waals surface area (Å²) in [6, 6.07) is 5.48. The first-order valence-electron chi connectivity index (χ1n) is 6.70. The summed E-state index contributed by atoms with van der Waals surface area (Å²) in [5.41, 5.74) is 6.38. The van der Waals surface area contributed by atoms with E-state index in [0.29, 0.717) is 6.04 Å². The van der Waals surface area contributed by atoms with Crippen molar-refractivity contribution in [1.29, 1.82) is 0 Å². The van der Waals surface area contributed by atoms with Crippen molar-refractivity contribution < 1.29 is 0 Å². The minimum absolute atomic E-state index is 0.645. The molecule has 0 unspecified atom stereocenters. The van der Waals surface area contributed by atoms with E-state index in [1.54, 1.807) is 16.7 Å². The number of aryl methyl sites for hydroxylation is 2. The molecule has 86 valence electrons. The first-order valence-corrected chi connectivity index (χ1v) is 6.70. The fourth-order valence-corrected chi connectivity index (χ4v) is 3.33. The summed E-state index contributed by atoms with van der Waals surface area (Å²) < 4.78 is 0. The lowest BCUT2D eigenvalue weighted by molar-refractivity contribution is 0.615. The van der Waals surface area contributed by atoms with E-state index < -0.39 is 0 Å². The molecule has 0 aromatic heterocycles. The fourth-order valence-electron chi connectivity index (χ4n) is 3.33. The zero-order chi connectivity index (χ0) is 11.0. The fraction of sp³-hybridized carbons (Fsp3) is 0.600. The first-order chi connectivity index (χ1) is 7.84. The molecule has 0 radical (unpaired) electrons. The monoisotopic (exact) mass is 215 g/mol. The Balaban J connectivity index is 2.04. The summed E-state index contributed by atoms with van der Waals surface area (Å²) in [6.07, 6.45) is 8.05. The van der Waals surface area contributed by atoms with Gasteiger partial charge >= 0.3 is 0 Å². The Morgan fingerprint density at radius 2 is 2.00 bits per heavy atom. The van der Waals surface area contributed by atoms with Crippen molar-refractivity contribution in [1.82, 2.24) is 5.32 Å². The van der Waals surface area contributed by atoms with E-state index in [1.165, 1.54) is 50.6 Å². The van der Waals surface area contributed by atoms with E-state index in [-0.39, 0.29) is 0 Å². The van der Waals surface area contributed by atoms with Crippen molar-refractivity contribution >= 4 is 0 Å². The number of fused-ring (bicyclic) bond motifs is 1. The predicted octanol–water partition coefficient (Wildman–Crippen LogP) is 3.30. The molecule has 0 amide bonds. The molecule has 1 fully saturated rings. The molecule has 3 rings (SSSR count). The Morgan fingerprint density at radius 1 is 1.12 bits per heavy atom. The quantitative estimate of drug-likeness (QED) is 0.758. The van der Waals surface area contributed by atoms with Crippen LogP contribution in [0.5, 0.6) is 0 Å². The highest BCUT2D eigenvalue weighted by Gasteiger charge is 2.22. The van der Waals surface area contributed by atoms with Gasteiger partial charge in [-0.3, -0.25) is 0 Å². The van der Waals surface area contributed by atoms with Crippen LogP contribution < -0.4 is 5.32 Å². The third kappa shape index (κ3) is 1.78. The normalized spacial score (nSPS) is 24.4. The molecule has 0 spiro atoms. The number of hydrogen-bond acceptors (Lipinski definition) is 1. The summed E-state index contributed by atoms with van der Waals surface area (Å²) >= 11 is 0. The van der Waals surface area contributed by atoms with Crippen LogP contribution in [-0.4, -0.2) is 6.54 Å². The number of nitrogens with one attached hydrogen (secondary N) is 1. The molecule has 1 nitrogen and oxygen atoms in total. The van der Waals surface area contributed by atoms with E-state index in [9.17, 15) is 0 Å². The SMILES string of the molecule is Cc1cc2c(c([C@H]3CCCN3)c1)CCCC2. The van der Waals surface area contributed by atoms with Gasteiger partial charge in [0.15, 0.2) is 0 Å². The number of benzene rings is 1. The lowest BCUT2D eigenvalue weighted by Gasteiger charge is -2.23. The van der Waals surface area contributed by atoms with Gasteiger partial charge in [0.05, 0.1) is 0 Å². The van der Waals surface area contributed by atoms with Gasteiger partial charge in [-0.05, 0) is 68.7 Å². The maximum atomic E-state index is 3.65. The molecule has 1 saturated heterocycles. The van der Waals surface area contributed by atoms with Gasteiger partial charge in [-0.1, -0.05) is 17.7 Å². The zero-order valence-corrected chi connectivity index (χ0v) is 10.2. The van der Waals surface area contributed by atoms with E-state index in [0.717, 1.165) is 0 Å². The van der Waals surface area contributed by atoms with Gasteiger partial charge in [0, 0.05) is 6.04 Å². The Kier molecular flexibility index (Phi) is 2.72. The van der Waals surface area contributed by atoms with Crippen LogP contribution in [0.2, 0.25) is 0 Å². The van der Waals surface area contributed by atoms with Gasteiger partial charge in [0.2, 0.25) is 0 Å². The Bertz CT molecular complexity index is 389. The zero-order valence-electron chi connectivity index (χ0n) is 10.2. The van der Waals surface area contributed by atoms with Gasteiger partial charge < -0.3 is 5.32 Å². The van der Waals surface area contributed by atoms with Gasteiger partial charge in [0.1, 0.15) is 0 Å². The highest BCUT2D eigenvalue weighted by atomic mass is 14.9. The van der Waals surface area contributed by atoms with Crippen LogP contribution >= 0.6 is 0 Å². The molecule has 2 aliphatic rings. The van der Waals surface area contributed by atoms with Crippen LogP contribution in [0.4, 0.5) is 0 Å². The third-order valence-corrected chi connectivity index (χ3v) is 4.08. The minimum atomic E-state index is 0.645. The maximum Gasteiger partial charge on any atom is 0.0323 e. The molecule has 1 N–H and O–H groups in total. The molecule has 1 atom stereocenters. The largest absolute Gasteiger partial charge is 0.310 e. The molecule has 1 heterocycles. The van der Waals surface area contributed by atoms with Gasteiger partial charge in [-0.2, -0.15) is 0 Å². The standard InChI is InChI=1S/C15H21N/c1-11-9-12-5-2-3-6-13(12)14(10-11)15-7-4-8-16-15/h9-10,15-16H,2-8H2,1H3/t15-/m1/s1. The lowest BCUT2D eigenvalue weighted by Crippen LogP contribution is -2.17. The number of hydrogen-bond donors (Lipinski definition) is 1. The second kappa shape index (κ2) is 4.21.